The number of hydrogen-bond donors (Lipinski definition) is 1. The molecule has 0 saturated carbocycles. The number of aliphatic carboxylic acids is 1. The Morgan fingerprint density at radius 2 is 1.96 bits per heavy atom. The Bertz CT molecular complexity index is 601. The van der Waals surface area contributed by atoms with Crippen LogP contribution in [-0.4, -0.2) is 24.2 Å². The van der Waals surface area contributed by atoms with Crippen molar-refractivity contribution in [3.63, 3.8) is 0 Å². The van der Waals surface area contributed by atoms with Gasteiger partial charge in [0.25, 0.3) is 0 Å². The number of allylic oxidation sites excluding steroid dienone is 5. The van der Waals surface area contributed by atoms with E-state index in [1.807, 2.05) is 19.1 Å². The SMILES string of the molecule is C=CC(c1ccccc1)C(C/C=C/C=C/C)(C(=O)O)C(=O)OC. The highest BCUT2D eigenvalue weighted by Crippen LogP contribution is 2.42. The lowest BCUT2D eigenvalue weighted by atomic mass is 9.69. The van der Waals surface area contributed by atoms with Crippen LogP contribution in [0.2, 0.25) is 0 Å². The van der Waals surface area contributed by atoms with E-state index in [4.69, 9.17) is 4.74 Å². The standard InChI is InChI=1S/C19H22O4/c1-4-6-7-11-14-19(17(20)21,18(22)23-3)16(5-2)15-12-9-8-10-13-15/h4-13,16H,2,14H2,1,3H3,(H,20,21)/b6-4+,11-7+. The first-order valence-electron chi connectivity index (χ1n) is 7.31. The van der Waals surface area contributed by atoms with Crippen molar-refractivity contribution in [3.05, 3.63) is 72.9 Å². The first-order chi connectivity index (χ1) is 11.0. The van der Waals surface area contributed by atoms with Crippen molar-refractivity contribution in [3.8, 4) is 0 Å². The minimum atomic E-state index is -1.75. The molecular weight excluding hydrogens is 292 g/mol. The van der Waals surface area contributed by atoms with Crippen molar-refractivity contribution in [2.24, 2.45) is 5.41 Å². The van der Waals surface area contributed by atoms with E-state index < -0.39 is 23.3 Å². The van der Waals surface area contributed by atoms with Crippen LogP contribution in [0.5, 0.6) is 0 Å². The van der Waals surface area contributed by atoms with Crippen molar-refractivity contribution in [1.29, 1.82) is 0 Å². The summed E-state index contributed by atoms with van der Waals surface area (Å²) in [7, 11) is 1.20. The topological polar surface area (TPSA) is 63.6 Å². The normalized spacial score (nSPS) is 15.2. The second-order valence-corrected chi connectivity index (χ2v) is 5.05. The number of carboxylic acids is 1. The molecule has 0 amide bonds. The van der Waals surface area contributed by atoms with E-state index in [-0.39, 0.29) is 6.42 Å². The van der Waals surface area contributed by atoms with Crippen molar-refractivity contribution in [2.45, 2.75) is 19.3 Å². The smallest absolute Gasteiger partial charge is 0.324 e. The Kier molecular flexibility index (Phi) is 7.00. The minimum Gasteiger partial charge on any atom is -0.480 e. The minimum absolute atomic E-state index is 0.00489. The Morgan fingerprint density at radius 1 is 1.30 bits per heavy atom. The molecule has 0 spiro atoms. The maximum Gasteiger partial charge on any atom is 0.324 e. The number of carbonyl (C=O) groups is 2. The maximum atomic E-state index is 12.4. The number of benzene rings is 1. The van der Waals surface area contributed by atoms with Crippen molar-refractivity contribution >= 4 is 11.9 Å². The zero-order chi connectivity index (χ0) is 17.3. The molecule has 0 saturated heterocycles. The van der Waals surface area contributed by atoms with Gasteiger partial charge in [-0.25, -0.2) is 0 Å². The van der Waals surface area contributed by atoms with Crippen molar-refractivity contribution in [1.82, 2.24) is 0 Å². The molecule has 2 unspecified atom stereocenters. The molecule has 4 nitrogen and oxygen atoms in total. The predicted molar refractivity (Wildman–Crippen MR) is 90.0 cm³/mol. The molecule has 0 bridgehead atoms. The summed E-state index contributed by atoms with van der Waals surface area (Å²) in [5.74, 6) is -2.73. The Labute approximate surface area is 136 Å². The summed E-state index contributed by atoms with van der Waals surface area (Å²) in [5.41, 5.74) is -1.05. The largest absolute Gasteiger partial charge is 0.480 e. The lowest BCUT2D eigenvalue weighted by Gasteiger charge is -2.32. The third-order valence-corrected chi connectivity index (χ3v) is 3.74. The molecule has 23 heavy (non-hydrogen) atoms. The number of methoxy groups -OCH3 is 1. The fourth-order valence-electron chi connectivity index (χ4n) is 2.55. The first kappa shape index (κ1) is 18.4. The second-order valence-electron chi connectivity index (χ2n) is 5.05. The van der Waals surface area contributed by atoms with Crippen LogP contribution < -0.4 is 0 Å². The van der Waals surface area contributed by atoms with E-state index in [1.54, 1.807) is 42.5 Å². The molecule has 1 aromatic rings. The molecule has 0 aliphatic heterocycles. The van der Waals surface area contributed by atoms with E-state index in [2.05, 4.69) is 6.58 Å². The summed E-state index contributed by atoms with van der Waals surface area (Å²) < 4.78 is 4.82. The second kappa shape index (κ2) is 8.73. The van der Waals surface area contributed by atoms with E-state index in [0.717, 1.165) is 0 Å². The number of carboxylic acid groups (broad SMARTS) is 1. The highest BCUT2D eigenvalue weighted by molar-refractivity contribution is 6.01. The Morgan fingerprint density at radius 3 is 2.43 bits per heavy atom. The molecule has 0 heterocycles. The molecule has 4 heteroatoms. The molecule has 0 aliphatic rings. The van der Waals surface area contributed by atoms with Gasteiger partial charge in [0.2, 0.25) is 0 Å². The van der Waals surface area contributed by atoms with Crippen LogP contribution in [0, 0.1) is 5.41 Å². The quantitative estimate of drug-likeness (QED) is 0.344. The van der Waals surface area contributed by atoms with Crippen molar-refractivity contribution < 1.29 is 19.4 Å². The van der Waals surface area contributed by atoms with Gasteiger partial charge < -0.3 is 9.84 Å². The van der Waals surface area contributed by atoms with Gasteiger partial charge in [0.15, 0.2) is 5.41 Å². The van der Waals surface area contributed by atoms with Crippen LogP contribution in [-0.2, 0) is 14.3 Å². The number of esters is 1. The summed E-state index contributed by atoms with van der Waals surface area (Å²) in [6.07, 6.45) is 8.46. The lowest BCUT2D eigenvalue weighted by molar-refractivity contribution is -0.167. The van der Waals surface area contributed by atoms with E-state index in [9.17, 15) is 14.7 Å². The molecule has 0 fully saturated rings. The summed E-state index contributed by atoms with van der Waals surface area (Å²) in [6, 6.07) is 8.98. The van der Waals surface area contributed by atoms with Gasteiger partial charge in [-0.3, -0.25) is 9.59 Å². The van der Waals surface area contributed by atoms with Crippen LogP contribution in [0.3, 0.4) is 0 Å². The van der Waals surface area contributed by atoms with E-state index in [0.29, 0.717) is 5.56 Å². The van der Waals surface area contributed by atoms with Crippen LogP contribution in [0.1, 0.15) is 24.8 Å². The van der Waals surface area contributed by atoms with Crippen LogP contribution >= 0.6 is 0 Å². The monoisotopic (exact) mass is 314 g/mol. The fraction of sp³-hybridized carbons (Fsp3) is 0.263. The van der Waals surface area contributed by atoms with Crippen LogP contribution in [0.25, 0.3) is 0 Å². The number of rotatable bonds is 8. The van der Waals surface area contributed by atoms with Gasteiger partial charge in [-0.05, 0) is 18.9 Å². The first-order valence-corrected chi connectivity index (χ1v) is 7.31. The molecule has 1 aromatic carbocycles. The fourth-order valence-corrected chi connectivity index (χ4v) is 2.55. The van der Waals surface area contributed by atoms with Gasteiger partial charge in [-0.2, -0.15) is 0 Å². The molecule has 0 aliphatic carbocycles. The van der Waals surface area contributed by atoms with Crippen LogP contribution in [0.4, 0.5) is 0 Å². The molecule has 1 N–H and O–H groups in total. The molecular formula is C19H22O4. The highest BCUT2D eigenvalue weighted by atomic mass is 16.5. The van der Waals surface area contributed by atoms with Gasteiger partial charge in [-0.15, -0.1) is 6.58 Å². The van der Waals surface area contributed by atoms with E-state index in [1.165, 1.54) is 13.2 Å². The number of ether oxygens (including phenoxy) is 1. The van der Waals surface area contributed by atoms with Crippen LogP contribution in [0.15, 0.2) is 67.3 Å². The summed E-state index contributed by atoms with van der Waals surface area (Å²) >= 11 is 0. The Hall–Kier alpha value is -2.62. The molecule has 122 valence electrons. The zero-order valence-electron chi connectivity index (χ0n) is 13.4. The average Bonchev–Trinajstić information content (AvgIpc) is 2.57. The third-order valence-electron chi connectivity index (χ3n) is 3.74. The van der Waals surface area contributed by atoms with Gasteiger partial charge in [0, 0.05) is 5.92 Å². The number of carbonyl (C=O) groups excluding carboxylic acids is 1. The third kappa shape index (κ3) is 3.97. The lowest BCUT2D eigenvalue weighted by Crippen LogP contribution is -2.44. The average molecular weight is 314 g/mol. The van der Waals surface area contributed by atoms with Gasteiger partial charge in [0.1, 0.15) is 0 Å². The van der Waals surface area contributed by atoms with Crippen molar-refractivity contribution in [2.75, 3.05) is 7.11 Å². The predicted octanol–water partition coefficient (Wildman–Crippen LogP) is 3.72. The van der Waals surface area contributed by atoms with Gasteiger partial charge in [0.05, 0.1) is 7.11 Å². The highest BCUT2D eigenvalue weighted by Gasteiger charge is 2.52. The summed E-state index contributed by atoms with van der Waals surface area (Å²) in [6.45, 7) is 5.59. The maximum absolute atomic E-state index is 12.4. The molecule has 0 aromatic heterocycles. The number of hydrogen-bond acceptors (Lipinski definition) is 3. The summed E-state index contributed by atoms with van der Waals surface area (Å²) in [4.78, 5) is 24.5. The van der Waals surface area contributed by atoms with Gasteiger partial charge >= 0.3 is 11.9 Å². The summed E-state index contributed by atoms with van der Waals surface area (Å²) in [5, 5.41) is 9.84. The van der Waals surface area contributed by atoms with Gasteiger partial charge in [-0.1, -0.05) is 60.7 Å². The van der Waals surface area contributed by atoms with E-state index >= 15 is 0 Å². The Balaban J connectivity index is 3.43. The zero-order valence-corrected chi connectivity index (χ0v) is 13.4. The molecule has 2 atom stereocenters. The molecule has 1 rings (SSSR count). The molecule has 0 radical (unpaired) electrons.